The van der Waals surface area contributed by atoms with Gasteiger partial charge in [-0.1, -0.05) is 39.3 Å². The van der Waals surface area contributed by atoms with Gasteiger partial charge in [0.05, 0.1) is 36.1 Å². The van der Waals surface area contributed by atoms with E-state index in [0.29, 0.717) is 12.5 Å². The largest absolute Gasteiger partial charge is 0.383 e. The Morgan fingerprint density at radius 3 is 2.60 bits per heavy atom. The summed E-state index contributed by atoms with van der Waals surface area (Å²) in [5.41, 5.74) is 1.33. The van der Waals surface area contributed by atoms with Gasteiger partial charge in [-0.05, 0) is 24.8 Å². The Balaban J connectivity index is 2.91. The van der Waals surface area contributed by atoms with Crippen molar-refractivity contribution in [3.8, 4) is 0 Å². The first-order chi connectivity index (χ1) is 9.31. The molecule has 5 heteroatoms. The van der Waals surface area contributed by atoms with Gasteiger partial charge in [-0.2, -0.15) is 5.10 Å². The average Bonchev–Trinajstić information content (AvgIpc) is 2.73. The van der Waals surface area contributed by atoms with Crippen LogP contribution < -0.4 is 5.32 Å². The summed E-state index contributed by atoms with van der Waals surface area (Å²) >= 11 is 6.33. The molecule has 0 saturated carbocycles. The van der Waals surface area contributed by atoms with Crippen molar-refractivity contribution in [2.24, 2.45) is 11.3 Å². The van der Waals surface area contributed by atoms with Gasteiger partial charge < -0.3 is 10.1 Å². The topological polar surface area (TPSA) is 39.1 Å². The SMILES string of the molecule is CNC(CC(C)C(C)(C)C)c1c(Cl)cnn1CCOC. The molecule has 1 aromatic heterocycles. The molecule has 0 radical (unpaired) electrons. The molecule has 0 aromatic carbocycles. The Morgan fingerprint density at radius 2 is 2.10 bits per heavy atom. The van der Waals surface area contributed by atoms with Gasteiger partial charge in [-0.25, -0.2) is 0 Å². The van der Waals surface area contributed by atoms with E-state index in [2.05, 4.69) is 38.1 Å². The Labute approximate surface area is 127 Å². The van der Waals surface area contributed by atoms with Crippen molar-refractivity contribution in [1.29, 1.82) is 0 Å². The minimum absolute atomic E-state index is 0.205. The standard InChI is InChI=1S/C15H28ClN3O/c1-11(15(2,3)4)9-13(17-5)14-12(16)10-18-19(14)7-8-20-6/h10-11,13,17H,7-9H2,1-6H3. The van der Waals surface area contributed by atoms with E-state index in [0.717, 1.165) is 23.7 Å². The van der Waals surface area contributed by atoms with Crippen molar-refractivity contribution < 1.29 is 4.74 Å². The van der Waals surface area contributed by atoms with Gasteiger partial charge in [0.15, 0.2) is 0 Å². The summed E-state index contributed by atoms with van der Waals surface area (Å²) in [6.45, 7) is 10.5. The zero-order chi connectivity index (χ0) is 15.3. The van der Waals surface area contributed by atoms with Gasteiger partial charge in [0.25, 0.3) is 0 Å². The van der Waals surface area contributed by atoms with E-state index in [1.165, 1.54) is 0 Å². The predicted octanol–water partition coefficient (Wildman–Crippen LogP) is 3.52. The van der Waals surface area contributed by atoms with Crippen LogP contribution in [-0.2, 0) is 11.3 Å². The van der Waals surface area contributed by atoms with E-state index in [-0.39, 0.29) is 11.5 Å². The first kappa shape index (κ1) is 17.5. The Kier molecular flexibility index (Phi) is 6.49. The van der Waals surface area contributed by atoms with Gasteiger partial charge in [0, 0.05) is 7.11 Å². The van der Waals surface area contributed by atoms with Crippen molar-refractivity contribution >= 4 is 11.6 Å². The molecular formula is C15H28ClN3O. The lowest BCUT2D eigenvalue weighted by atomic mass is 9.78. The second-order valence-electron chi connectivity index (χ2n) is 6.44. The first-order valence-corrected chi connectivity index (χ1v) is 7.56. The highest BCUT2D eigenvalue weighted by Gasteiger charge is 2.26. The predicted molar refractivity (Wildman–Crippen MR) is 84.1 cm³/mol. The maximum Gasteiger partial charge on any atom is 0.0834 e. The molecule has 1 rings (SSSR count). The van der Waals surface area contributed by atoms with Gasteiger partial charge >= 0.3 is 0 Å². The lowest BCUT2D eigenvalue weighted by Gasteiger charge is -2.31. The van der Waals surface area contributed by atoms with Crippen molar-refractivity contribution in [1.82, 2.24) is 15.1 Å². The highest BCUT2D eigenvalue weighted by atomic mass is 35.5. The first-order valence-electron chi connectivity index (χ1n) is 7.18. The van der Waals surface area contributed by atoms with E-state index in [9.17, 15) is 0 Å². The molecule has 0 spiro atoms. The summed E-state index contributed by atoms with van der Waals surface area (Å²) in [6, 6.07) is 0.205. The Bertz CT molecular complexity index is 412. The summed E-state index contributed by atoms with van der Waals surface area (Å²) in [5.74, 6) is 0.571. The molecule has 0 aliphatic carbocycles. The highest BCUT2D eigenvalue weighted by molar-refractivity contribution is 6.31. The minimum Gasteiger partial charge on any atom is -0.383 e. The van der Waals surface area contributed by atoms with Crippen LogP contribution in [0.5, 0.6) is 0 Å². The van der Waals surface area contributed by atoms with E-state index < -0.39 is 0 Å². The van der Waals surface area contributed by atoms with E-state index in [1.807, 2.05) is 11.7 Å². The number of halogens is 1. The zero-order valence-electron chi connectivity index (χ0n) is 13.5. The number of nitrogens with zero attached hydrogens (tertiary/aromatic N) is 2. The van der Waals surface area contributed by atoms with E-state index >= 15 is 0 Å². The van der Waals surface area contributed by atoms with Crippen molar-refractivity contribution in [3.63, 3.8) is 0 Å². The van der Waals surface area contributed by atoms with Gasteiger partial charge in [0.1, 0.15) is 0 Å². The van der Waals surface area contributed by atoms with Gasteiger partial charge in [0.2, 0.25) is 0 Å². The molecule has 116 valence electrons. The molecule has 4 nitrogen and oxygen atoms in total. The monoisotopic (exact) mass is 301 g/mol. The second-order valence-corrected chi connectivity index (χ2v) is 6.84. The van der Waals surface area contributed by atoms with Gasteiger partial charge in [-0.3, -0.25) is 4.68 Å². The highest BCUT2D eigenvalue weighted by Crippen LogP contribution is 2.35. The molecule has 2 unspecified atom stereocenters. The Morgan fingerprint density at radius 1 is 1.45 bits per heavy atom. The smallest absolute Gasteiger partial charge is 0.0834 e. The molecule has 1 heterocycles. The summed E-state index contributed by atoms with van der Waals surface area (Å²) in [5, 5.41) is 8.46. The molecule has 0 aliphatic rings. The zero-order valence-corrected chi connectivity index (χ0v) is 14.3. The van der Waals surface area contributed by atoms with Crippen LogP contribution in [0, 0.1) is 11.3 Å². The van der Waals surface area contributed by atoms with E-state index in [4.69, 9.17) is 16.3 Å². The molecule has 1 aromatic rings. The Hall–Kier alpha value is -0.580. The maximum atomic E-state index is 6.33. The lowest BCUT2D eigenvalue weighted by molar-refractivity contribution is 0.179. The summed E-state index contributed by atoms with van der Waals surface area (Å²) in [4.78, 5) is 0. The van der Waals surface area contributed by atoms with Crippen LogP contribution in [0.2, 0.25) is 5.02 Å². The molecule has 1 N–H and O–H groups in total. The van der Waals surface area contributed by atoms with Crippen molar-refractivity contribution in [3.05, 3.63) is 16.9 Å². The molecule has 2 atom stereocenters. The molecular weight excluding hydrogens is 274 g/mol. The number of ether oxygens (including phenoxy) is 1. The molecule has 0 fully saturated rings. The normalized spacial score (nSPS) is 15.3. The average molecular weight is 302 g/mol. The number of hydrogen-bond acceptors (Lipinski definition) is 3. The summed E-state index contributed by atoms with van der Waals surface area (Å²) in [6.07, 6.45) is 2.75. The fraction of sp³-hybridized carbons (Fsp3) is 0.800. The van der Waals surface area contributed by atoms with E-state index in [1.54, 1.807) is 13.3 Å². The van der Waals surface area contributed by atoms with Crippen molar-refractivity contribution in [2.45, 2.75) is 46.7 Å². The fourth-order valence-electron chi connectivity index (χ4n) is 2.15. The van der Waals surface area contributed by atoms with Crippen LogP contribution >= 0.6 is 11.6 Å². The van der Waals surface area contributed by atoms with Crippen LogP contribution in [0.1, 0.15) is 45.9 Å². The fourth-order valence-corrected chi connectivity index (χ4v) is 2.42. The third-order valence-corrected chi connectivity index (χ3v) is 4.38. The van der Waals surface area contributed by atoms with Crippen LogP contribution in [-0.4, -0.2) is 30.5 Å². The van der Waals surface area contributed by atoms with Crippen LogP contribution in [0.4, 0.5) is 0 Å². The molecule has 0 saturated heterocycles. The number of nitrogens with one attached hydrogen (secondary N) is 1. The number of aromatic nitrogens is 2. The van der Waals surface area contributed by atoms with Crippen LogP contribution in [0.25, 0.3) is 0 Å². The number of hydrogen-bond donors (Lipinski definition) is 1. The third-order valence-electron chi connectivity index (χ3n) is 4.09. The van der Waals surface area contributed by atoms with Crippen LogP contribution in [0.15, 0.2) is 6.20 Å². The molecule has 0 aliphatic heterocycles. The number of methoxy groups -OCH3 is 1. The summed E-state index contributed by atoms with van der Waals surface area (Å²) in [7, 11) is 3.67. The second kappa shape index (κ2) is 7.43. The third kappa shape index (κ3) is 4.47. The maximum absolute atomic E-state index is 6.33. The van der Waals surface area contributed by atoms with Crippen LogP contribution in [0.3, 0.4) is 0 Å². The summed E-state index contributed by atoms with van der Waals surface area (Å²) < 4.78 is 7.08. The minimum atomic E-state index is 0.205. The molecule has 20 heavy (non-hydrogen) atoms. The molecule has 0 bridgehead atoms. The number of rotatable bonds is 7. The lowest BCUT2D eigenvalue weighted by Crippen LogP contribution is -2.27. The quantitative estimate of drug-likeness (QED) is 0.837. The van der Waals surface area contributed by atoms with Gasteiger partial charge in [-0.15, -0.1) is 0 Å². The molecule has 0 amide bonds. The van der Waals surface area contributed by atoms with Crippen molar-refractivity contribution in [2.75, 3.05) is 20.8 Å².